The highest BCUT2D eigenvalue weighted by atomic mass is 16.7. The van der Waals surface area contributed by atoms with E-state index in [1.807, 2.05) is 38.1 Å². The van der Waals surface area contributed by atoms with Crippen LogP contribution in [-0.4, -0.2) is 117 Å². The molecule has 3 aliphatic heterocycles. The standard InChI is InChI=1S/C50H54N4O19/c1-11-50(72-44(59)31-17-16-28(54(63)64)20-37(31)70-46-42(69-27(6)57)40(68-26(5)56)39(67-25(4)55)41(71-46)45(60)65-10)34-21-36-38-32(22-53(36)43(58)33(34)23-66-47(50)61)29(30-14-12-13-15-35(30)51-38)18-19-52(24(2)3)48(62)73-49(7,8)9/h12-17,20-21,24,39-42,46H,11,18-19,22-23H2,1-10H3/t39-,40-,41-,42+,46+,50-/m0/s1. The van der Waals surface area contributed by atoms with Crippen LogP contribution in [0.15, 0.2) is 53.3 Å². The number of carbonyl (C=O) groups excluding carboxylic acids is 7. The number of ether oxygens (including phenoxy) is 9. The van der Waals surface area contributed by atoms with Crippen molar-refractivity contribution in [3.63, 3.8) is 0 Å². The van der Waals surface area contributed by atoms with E-state index >= 15 is 0 Å². The Hall–Kier alpha value is -7.95. The Kier molecular flexibility index (Phi) is 15.0. The Morgan fingerprint density at radius 2 is 1.59 bits per heavy atom. The first-order chi connectivity index (χ1) is 34.4. The number of carbonyl (C=O) groups is 7. The van der Waals surface area contributed by atoms with Crippen LogP contribution >= 0.6 is 0 Å². The van der Waals surface area contributed by atoms with Gasteiger partial charge in [0.25, 0.3) is 11.2 Å². The number of amides is 1. The van der Waals surface area contributed by atoms with Gasteiger partial charge in [0.05, 0.1) is 47.1 Å². The Morgan fingerprint density at radius 3 is 2.21 bits per heavy atom. The largest absolute Gasteiger partial charge is 0.467 e. The second kappa shape index (κ2) is 20.6. The molecule has 0 aliphatic carbocycles. The number of methoxy groups -OCH3 is 1. The van der Waals surface area contributed by atoms with E-state index in [0.29, 0.717) is 28.9 Å². The molecule has 2 aromatic heterocycles. The van der Waals surface area contributed by atoms with Crippen LogP contribution in [0.4, 0.5) is 10.5 Å². The van der Waals surface area contributed by atoms with Gasteiger partial charge in [-0.3, -0.25) is 29.3 Å². The fourth-order valence-electron chi connectivity index (χ4n) is 9.07. The molecule has 0 unspecified atom stereocenters. The van der Waals surface area contributed by atoms with Gasteiger partial charge in [0, 0.05) is 55.9 Å². The average molecular weight is 1010 g/mol. The van der Waals surface area contributed by atoms with Crippen LogP contribution < -0.4 is 10.3 Å². The molecule has 73 heavy (non-hydrogen) atoms. The predicted octanol–water partition coefficient (Wildman–Crippen LogP) is 5.11. The molecule has 6 atom stereocenters. The second-order valence-electron chi connectivity index (χ2n) is 18.6. The lowest BCUT2D eigenvalue weighted by Crippen LogP contribution is -2.64. The van der Waals surface area contributed by atoms with Gasteiger partial charge in [-0.25, -0.2) is 24.2 Å². The molecule has 5 heterocycles. The van der Waals surface area contributed by atoms with Crippen LogP contribution in [0.3, 0.4) is 0 Å². The third-order valence-corrected chi connectivity index (χ3v) is 12.3. The number of nitrogens with zero attached hydrogens (tertiary/aromatic N) is 4. The molecule has 2 aromatic carbocycles. The third-order valence-electron chi connectivity index (χ3n) is 12.3. The predicted molar refractivity (Wildman–Crippen MR) is 251 cm³/mol. The number of hydrogen-bond acceptors (Lipinski definition) is 20. The van der Waals surface area contributed by atoms with Crippen LogP contribution in [0.1, 0.15) is 101 Å². The number of nitro benzene ring substituents is 1. The summed E-state index contributed by atoms with van der Waals surface area (Å²) in [5.74, 6) is -7.27. The molecule has 0 radical (unpaired) electrons. The number of non-ortho nitro benzene ring substituents is 1. The fraction of sp³-hybridized carbons (Fsp3) is 0.460. The molecule has 1 amide bonds. The number of esters is 6. The number of fused-ring (bicyclic) bond motifs is 5. The Morgan fingerprint density at radius 1 is 0.932 bits per heavy atom. The van der Waals surface area contributed by atoms with Crippen molar-refractivity contribution in [1.82, 2.24) is 14.5 Å². The molecule has 1 saturated heterocycles. The molecule has 0 spiro atoms. The molecular weight excluding hydrogens is 961 g/mol. The van der Waals surface area contributed by atoms with Crippen molar-refractivity contribution in [1.29, 1.82) is 0 Å². The van der Waals surface area contributed by atoms with Crippen molar-refractivity contribution in [2.45, 2.75) is 136 Å². The first kappa shape index (κ1) is 52.9. The van der Waals surface area contributed by atoms with Gasteiger partial charge in [-0.1, -0.05) is 25.1 Å². The highest BCUT2D eigenvalue weighted by molar-refractivity contribution is 5.96. The smallest absolute Gasteiger partial charge is 0.410 e. The van der Waals surface area contributed by atoms with Gasteiger partial charge in [0.2, 0.25) is 18.0 Å². The molecule has 3 aliphatic rings. The number of hydrogen-bond donors (Lipinski definition) is 0. The van der Waals surface area contributed by atoms with Crippen LogP contribution in [0.25, 0.3) is 22.3 Å². The zero-order chi connectivity index (χ0) is 53.4. The van der Waals surface area contributed by atoms with Gasteiger partial charge >= 0.3 is 41.9 Å². The summed E-state index contributed by atoms with van der Waals surface area (Å²) in [7, 11) is 0.965. The minimum absolute atomic E-state index is 0.0134. The maximum absolute atomic E-state index is 14.7. The maximum Gasteiger partial charge on any atom is 0.410 e. The SMILES string of the molecule is CC[C@@]1(OC(=O)c2ccc([N+](=O)[O-])cc2O[C@@H]2O[C@H](C(=O)OC)[C@@H](OC(C)=O)[C@H](OC(C)=O)[C@H]2OC(C)=O)C(=O)OCc2c1cc1n(c2=O)Cc2c-1nc1ccccc1c2CCN(C(=O)OC(C)(C)C)C(C)C. The number of rotatable bonds is 14. The molecule has 1 fully saturated rings. The van der Waals surface area contributed by atoms with Gasteiger partial charge in [-0.2, -0.15) is 0 Å². The van der Waals surface area contributed by atoms with E-state index < -0.39 is 118 Å². The molecule has 388 valence electrons. The van der Waals surface area contributed by atoms with Gasteiger partial charge < -0.3 is 52.1 Å². The van der Waals surface area contributed by atoms with E-state index in [4.69, 9.17) is 47.6 Å². The zero-order valence-electron chi connectivity index (χ0n) is 41.7. The molecule has 7 rings (SSSR count). The Labute approximate surface area is 417 Å². The van der Waals surface area contributed by atoms with Crippen LogP contribution in [-0.2, 0) is 87.0 Å². The molecule has 0 N–H and O–H groups in total. The van der Waals surface area contributed by atoms with Gasteiger partial charge in [-0.15, -0.1) is 0 Å². The third kappa shape index (κ3) is 10.5. The molecule has 23 nitrogen and oxygen atoms in total. The first-order valence-electron chi connectivity index (χ1n) is 23.2. The highest BCUT2D eigenvalue weighted by Gasteiger charge is 2.57. The highest BCUT2D eigenvalue weighted by Crippen LogP contribution is 2.44. The minimum atomic E-state index is -2.33. The van der Waals surface area contributed by atoms with E-state index in [1.54, 1.807) is 31.7 Å². The number of cyclic esters (lactones) is 1. The monoisotopic (exact) mass is 1010 g/mol. The second-order valence-corrected chi connectivity index (χ2v) is 18.6. The lowest BCUT2D eigenvalue weighted by Gasteiger charge is -2.43. The van der Waals surface area contributed by atoms with Gasteiger partial charge in [0.15, 0.2) is 18.3 Å². The zero-order valence-corrected chi connectivity index (χ0v) is 41.7. The number of benzene rings is 2. The summed E-state index contributed by atoms with van der Waals surface area (Å²) in [6, 6.07) is 11.3. The van der Waals surface area contributed by atoms with Crippen molar-refractivity contribution in [2.24, 2.45) is 0 Å². The number of pyridine rings is 2. The van der Waals surface area contributed by atoms with Crippen LogP contribution in [0.2, 0.25) is 0 Å². The van der Waals surface area contributed by atoms with Crippen molar-refractivity contribution >= 4 is 58.5 Å². The van der Waals surface area contributed by atoms with Crippen molar-refractivity contribution in [2.75, 3.05) is 13.7 Å². The first-order valence-corrected chi connectivity index (χ1v) is 23.2. The lowest BCUT2D eigenvalue weighted by atomic mass is 9.85. The van der Waals surface area contributed by atoms with Crippen molar-refractivity contribution in [3.8, 4) is 17.1 Å². The number of para-hydroxylation sites is 1. The number of nitro groups is 1. The van der Waals surface area contributed by atoms with E-state index in [-0.39, 0.29) is 36.7 Å². The molecular formula is C50H54N4O19. The van der Waals surface area contributed by atoms with Crippen LogP contribution in [0, 0.1) is 10.1 Å². The molecule has 0 saturated carbocycles. The van der Waals surface area contributed by atoms with Gasteiger partial charge in [0.1, 0.15) is 23.5 Å². The Balaban J connectivity index is 1.31. The van der Waals surface area contributed by atoms with Gasteiger partial charge in [-0.05, 0) is 71.2 Å². The summed E-state index contributed by atoms with van der Waals surface area (Å²) >= 11 is 0. The topological polar surface area (TPSA) is 284 Å². The summed E-state index contributed by atoms with van der Waals surface area (Å²) in [4.78, 5) is 125. The molecule has 0 bridgehead atoms. The van der Waals surface area contributed by atoms with E-state index in [1.165, 1.54) is 11.5 Å². The maximum atomic E-state index is 14.7. The van der Waals surface area contributed by atoms with Crippen molar-refractivity contribution < 1.29 is 81.1 Å². The normalized spacial score (nSPS) is 20.9. The number of aromatic nitrogens is 2. The molecule has 23 heteroatoms. The minimum Gasteiger partial charge on any atom is -0.467 e. The lowest BCUT2D eigenvalue weighted by molar-refractivity contribution is -0.385. The van der Waals surface area contributed by atoms with Crippen LogP contribution in [0.5, 0.6) is 5.75 Å². The van der Waals surface area contributed by atoms with E-state index in [9.17, 15) is 48.5 Å². The molecule has 4 aromatic rings. The fourth-order valence-corrected chi connectivity index (χ4v) is 9.07. The van der Waals surface area contributed by atoms with E-state index in [0.717, 1.165) is 57.0 Å². The summed E-state index contributed by atoms with van der Waals surface area (Å²) in [6.45, 7) is 13.3. The quantitative estimate of drug-likeness (QED) is 0.0604. The summed E-state index contributed by atoms with van der Waals surface area (Å²) in [5, 5.41) is 12.9. The summed E-state index contributed by atoms with van der Waals surface area (Å²) in [5.41, 5.74) is -2.13. The average Bonchev–Trinajstić information content (AvgIpc) is 3.68. The summed E-state index contributed by atoms with van der Waals surface area (Å²) in [6.07, 6.45) is -9.99. The summed E-state index contributed by atoms with van der Waals surface area (Å²) < 4.78 is 51.8. The van der Waals surface area contributed by atoms with E-state index in [2.05, 4.69) is 0 Å². The Bertz CT molecular complexity index is 3000. The van der Waals surface area contributed by atoms with Crippen molar-refractivity contribution in [3.05, 3.63) is 96.8 Å².